The molecule has 1 rings (SSSR count). The fourth-order valence-corrected chi connectivity index (χ4v) is 1.70. The van der Waals surface area contributed by atoms with Crippen LogP contribution in [-0.2, 0) is 0 Å². The van der Waals surface area contributed by atoms with Gasteiger partial charge in [0.2, 0.25) is 0 Å². The van der Waals surface area contributed by atoms with Crippen LogP contribution in [0.15, 0.2) is 23.1 Å². The molecule has 0 atom stereocenters. The Kier molecular flexibility index (Phi) is 3.93. The fourth-order valence-electron chi connectivity index (χ4n) is 1.11. The van der Waals surface area contributed by atoms with E-state index in [9.17, 15) is 10.1 Å². The Hall–Kier alpha value is -1.27. The molecule has 1 N–H and O–H groups in total. The van der Waals surface area contributed by atoms with E-state index in [2.05, 4.69) is 4.72 Å². The zero-order valence-electron chi connectivity index (χ0n) is 8.85. The lowest BCUT2D eigenvalue weighted by molar-refractivity contribution is -0.385. The van der Waals surface area contributed by atoms with Crippen LogP contribution >= 0.6 is 11.9 Å². The van der Waals surface area contributed by atoms with E-state index < -0.39 is 0 Å². The molecule has 0 aromatic heterocycles. The first-order valence-electron chi connectivity index (χ1n) is 4.35. The van der Waals surface area contributed by atoms with Gasteiger partial charge in [0.05, 0.1) is 4.92 Å². The van der Waals surface area contributed by atoms with Crippen LogP contribution in [-0.4, -0.2) is 26.1 Å². The zero-order valence-corrected chi connectivity index (χ0v) is 9.67. The highest BCUT2D eigenvalue weighted by atomic mass is 32.2. The first-order chi connectivity index (χ1) is 7.04. The highest BCUT2D eigenvalue weighted by Gasteiger charge is 2.10. The van der Waals surface area contributed by atoms with Crippen LogP contribution in [0.25, 0.3) is 0 Å². The molecule has 0 amide bonds. The average molecular weight is 227 g/mol. The van der Waals surface area contributed by atoms with E-state index in [4.69, 9.17) is 0 Å². The summed E-state index contributed by atoms with van der Waals surface area (Å²) >= 11 is 1.36. The summed E-state index contributed by atoms with van der Waals surface area (Å²) < 4.78 is 2.89. The molecule has 0 saturated carbocycles. The van der Waals surface area contributed by atoms with Crippen molar-refractivity contribution in [3.05, 3.63) is 28.3 Å². The normalized spacial score (nSPS) is 10.1. The lowest BCUT2D eigenvalue weighted by Crippen LogP contribution is -2.09. The largest absolute Gasteiger partial charge is 0.377 e. The SMILES string of the molecule is CNSc1cc(N(C)C)cc([N+](=O)[O-])c1. The van der Waals surface area contributed by atoms with Gasteiger partial charge < -0.3 is 4.90 Å². The van der Waals surface area contributed by atoms with E-state index in [0.29, 0.717) is 0 Å². The number of hydrogen-bond acceptors (Lipinski definition) is 5. The van der Waals surface area contributed by atoms with Gasteiger partial charge in [-0.2, -0.15) is 0 Å². The molecule has 5 nitrogen and oxygen atoms in total. The molecule has 0 saturated heterocycles. The first-order valence-corrected chi connectivity index (χ1v) is 5.16. The van der Waals surface area contributed by atoms with Crippen LogP contribution in [0.2, 0.25) is 0 Å². The van der Waals surface area contributed by atoms with E-state index >= 15 is 0 Å². The van der Waals surface area contributed by atoms with Crippen molar-refractivity contribution < 1.29 is 4.92 Å². The maximum absolute atomic E-state index is 10.7. The molecule has 0 radical (unpaired) electrons. The van der Waals surface area contributed by atoms with Crippen molar-refractivity contribution in [3.8, 4) is 0 Å². The molecule has 0 unspecified atom stereocenters. The van der Waals surface area contributed by atoms with Crippen molar-refractivity contribution in [2.75, 3.05) is 26.0 Å². The van der Waals surface area contributed by atoms with Crippen LogP contribution in [0.5, 0.6) is 0 Å². The first kappa shape index (κ1) is 11.8. The average Bonchev–Trinajstić information content (AvgIpc) is 2.17. The number of nitro groups is 1. The number of benzene rings is 1. The highest BCUT2D eigenvalue weighted by molar-refractivity contribution is 7.97. The van der Waals surface area contributed by atoms with Crippen molar-refractivity contribution in [1.82, 2.24) is 4.72 Å². The van der Waals surface area contributed by atoms with E-state index in [0.717, 1.165) is 10.6 Å². The van der Waals surface area contributed by atoms with Gasteiger partial charge in [0.25, 0.3) is 5.69 Å². The Bertz CT molecular complexity index is 368. The summed E-state index contributed by atoms with van der Waals surface area (Å²) in [5.74, 6) is 0. The lowest BCUT2D eigenvalue weighted by atomic mass is 10.2. The third-order valence-electron chi connectivity index (χ3n) is 1.82. The summed E-state index contributed by atoms with van der Waals surface area (Å²) in [4.78, 5) is 13.0. The summed E-state index contributed by atoms with van der Waals surface area (Å²) in [5.41, 5.74) is 0.931. The summed E-state index contributed by atoms with van der Waals surface area (Å²) in [7, 11) is 5.48. The Labute approximate surface area is 92.7 Å². The van der Waals surface area contributed by atoms with Crippen molar-refractivity contribution in [2.24, 2.45) is 0 Å². The topological polar surface area (TPSA) is 58.4 Å². The Morgan fingerprint density at radius 1 is 1.40 bits per heavy atom. The predicted molar refractivity (Wildman–Crippen MR) is 62.3 cm³/mol. The molecule has 0 aliphatic carbocycles. The monoisotopic (exact) mass is 227 g/mol. The second-order valence-corrected chi connectivity index (χ2v) is 4.23. The number of nitrogens with one attached hydrogen (secondary N) is 1. The number of rotatable bonds is 4. The van der Waals surface area contributed by atoms with Crippen LogP contribution in [0, 0.1) is 10.1 Å². The van der Waals surface area contributed by atoms with Crippen LogP contribution < -0.4 is 9.62 Å². The van der Waals surface area contributed by atoms with Gasteiger partial charge in [-0.1, -0.05) is 0 Å². The molecular weight excluding hydrogens is 214 g/mol. The predicted octanol–water partition coefficient (Wildman–Crippen LogP) is 1.89. The number of nitrogens with zero attached hydrogens (tertiary/aromatic N) is 2. The van der Waals surface area contributed by atoms with Gasteiger partial charge in [-0.05, 0) is 25.1 Å². The van der Waals surface area contributed by atoms with E-state index in [1.54, 1.807) is 19.2 Å². The maximum Gasteiger partial charge on any atom is 0.272 e. The van der Waals surface area contributed by atoms with Gasteiger partial charge in [0.1, 0.15) is 0 Å². The van der Waals surface area contributed by atoms with Crippen molar-refractivity contribution >= 4 is 23.3 Å². The zero-order chi connectivity index (χ0) is 11.4. The minimum atomic E-state index is -0.382. The number of hydrogen-bond donors (Lipinski definition) is 1. The van der Waals surface area contributed by atoms with Crippen LogP contribution in [0.4, 0.5) is 11.4 Å². The van der Waals surface area contributed by atoms with E-state index in [1.165, 1.54) is 11.9 Å². The smallest absolute Gasteiger partial charge is 0.272 e. The van der Waals surface area contributed by atoms with E-state index in [1.807, 2.05) is 25.1 Å². The molecular formula is C9H13N3O2S. The number of anilines is 1. The van der Waals surface area contributed by atoms with Gasteiger partial charge in [0.15, 0.2) is 0 Å². The van der Waals surface area contributed by atoms with Crippen molar-refractivity contribution in [1.29, 1.82) is 0 Å². The molecule has 1 aromatic rings. The second-order valence-electron chi connectivity index (χ2n) is 3.14. The summed E-state index contributed by atoms with van der Waals surface area (Å²) in [6.07, 6.45) is 0. The Morgan fingerprint density at radius 3 is 2.53 bits per heavy atom. The standard InChI is InChI=1S/C9H13N3O2S/c1-10-15-9-5-7(11(2)3)4-8(6-9)12(13)14/h4-6,10H,1-3H3. The minimum absolute atomic E-state index is 0.110. The maximum atomic E-state index is 10.7. The molecule has 6 heteroatoms. The molecule has 0 spiro atoms. The Balaban J connectivity index is 3.14. The summed E-state index contributed by atoms with van der Waals surface area (Å²) in [6, 6.07) is 5.00. The fraction of sp³-hybridized carbons (Fsp3) is 0.333. The molecule has 0 heterocycles. The molecule has 0 aliphatic rings. The molecule has 15 heavy (non-hydrogen) atoms. The third-order valence-corrected chi connectivity index (χ3v) is 2.50. The molecule has 0 aliphatic heterocycles. The lowest BCUT2D eigenvalue weighted by Gasteiger charge is -2.13. The van der Waals surface area contributed by atoms with Gasteiger partial charge >= 0.3 is 0 Å². The van der Waals surface area contributed by atoms with Gasteiger partial charge in [-0.3, -0.25) is 14.8 Å². The van der Waals surface area contributed by atoms with Crippen molar-refractivity contribution in [3.63, 3.8) is 0 Å². The third kappa shape index (κ3) is 3.10. The second kappa shape index (κ2) is 4.99. The Morgan fingerprint density at radius 2 is 2.07 bits per heavy atom. The number of non-ortho nitro benzene ring substituents is 1. The summed E-state index contributed by atoms with van der Waals surface area (Å²) in [5, 5.41) is 10.7. The molecule has 82 valence electrons. The van der Waals surface area contributed by atoms with E-state index in [-0.39, 0.29) is 10.6 Å². The van der Waals surface area contributed by atoms with Gasteiger partial charge in [-0.15, -0.1) is 0 Å². The van der Waals surface area contributed by atoms with Gasteiger partial charge in [-0.25, -0.2) is 0 Å². The molecule has 0 fully saturated rings. The molecule has 0 bridgehead atoms. The molecule has 1 aromatic carbocycles. The minimum Gasteiger partial charge on any atom is -0.377 e. The van der Waals surface area contributed by atoms with Gasteiger partial charge in [0, 0.05) is 36.8 Å². The quantitative estimate of drug-likeness (QED) is 0.483. The highest BCUT2D eigenvalue weighted by Crippen LogP contribution is 2.27. The van der Waals surface area contributed by atoms with Crippen molar-refractivity contribution in [2.45, 2.75) is 4.90 Å². The van der Waals surface area contributed by atoms with Crippen LogP contribution in [0.1, 0.15) is 0 Å². The number of nitro benzene ring substituents is 1. The van der Waals surface area contributed by atoms with Crippen LogP contribution in [0.3, 0.4) is 0 Å². The summed E-state index contributed by atoms with van der Waals surface area (Å²) in [6.45, 7) is 0.